The Labute approximate surface area is 167 Å². The number of nitrogens with zero attached hydrogens (tertiary/aromatic N) is 2. The molecular weight excluding hydrogens is 396 g/mol. The molecule has 0 radical (unpaired) electrons. The lowest BCUT2D eigenvalue weighted by Crippen LogP contribution is -2.62. The summed E-state index contributed by atoms with van der Waals surface area (Å²) in [6.07, 6.45) is 0.802. The van der Waals surface area contributed by atoms with E-state index in [-0.39, 0.29) is 29.6 Å². The molecule has 4 rings (SSSR count). The van der Waals surface area contributed by atoms with Gasteiger partial charge in [-0.25, -0.2) is 8.42 Å². The molecule has 1 fully saturated rings. The summed E-state index contributed by atoms with van der Waals surface area (Å²) in [5.41, 5.74) is 1.45. The van der Waals surface area contributed by atoms with Crippen LogP contribution in [0.15, 0.2) is 47.4 Å². The maximum Gasteiger partial charge on any atom is 0.269 e. The molecule has 152 valence electrons. The number of sulfonamides is 1. The third-order valence-electron chi connectivity index (χ3n) is 5.41. The van der Waals surface area contributed by atoms with E-state index in [9.17, 15) is 23.3 Å². The van der Waals surface area contributed by atoms with E-state index in [4.69, 9.17) is 0 Å². The van der Waals surface area contributed by atoms with E-state index in [2.05, 4.69) is 10.6 Å². The van der Waals surface area contributed by atoms with Gasteiger partial charge in [0.2, 0.25) is 10.0 Å². The van der Waals surface area contributed by atoms with Gasteiger partial charge in [-0.05, 0) is 31.2 Å². The summed E-state index contributed by atoms with van der Waals surface area (Å²) in [7, 11) is -3.77. The summed E-state index contributed by atoms with van der Waals surface area (Å²) in [6, 6.07) is 10.5. The predicted octanol–water partition coefficient (Wildman–Crippen LogP) is 2.24. The lowest BCUT2D eigenvalue weighted by Gasteiger charge is -2.45. The zero-order chi connectivity index (χ0) is 20.8. The Morgan fingerprint density at radius 3 is 2.34 bits per heavy atom. The Balaban J connectivity index is 1.51. The van der Waals surface area contributed by atoms with Crippen LogP contribution in [0.5, 0.6) is 0 Å². The van der Waals surface area contributed by atoms with Gasteiger partial charge in [0, 0.05) is 43.8 Å². The lowest BCUT2D eigenvalue weighted by atomic mass is 9.93. The number of amides is 1. The molecule has 10 heteroatoms. The molecule has 2 aromatic rings. The van der Waals surface area contributed by atoms with Gasteiger partial charge < -0.3 is 10.6 Å². The minimum Gasteiger partial charge on any atom is -0.362 e. The lowest BCUT2D eigenvalue weighted by molar-refractivity contribution is -0.384. The molecule has 0 aliphatic carbocycles. The smallest absolute Gasteiger partial charge is 0.269 e. The Bertz CT molecular complexity index is 1090. The fraction of sp³-hybridized carbons (Fsp3) is 0.316. The van der Waals surface area contributed by atoms with Crippen molar-refractivity contribution in [1.29, 1.82) is 0 Å². The van der Waals surface area contributed by atoms with Crippen LogP contribution in [0.3, 0.4) is 0 Å². The number of benzene rings is 2. The molecule has 0 bridgehead atoms. The number of aryl methyl sites for hydroxylation is 1. The predicted molar refractivity (Wildman–Crippen MR) is 106 cm³/mol. The number of non-ortho nitro benzene ring substituents is 1. The van der Waals surface area contributed by atoms with Gasteiger partial charge in [0.25, 0.3) is 11.6 Å². The van der Waals surface area contributed by atoms with Crippen molar-refractivity contribution < 1.29 is 18.1 Å². The van der Waals surface area contributed by atoms with Gasteiger partial charge in [-0.15, -0.1) is 0 Å². The molecule has 2 aromatic carbocycles. The minimum absolute atomic E-state index is 0.0144. The Kier molecular flexibility index (Phi) is 4.55. The van der Waals surface area contributed by atoms with Gasteiger partial charge in [-0.2, -0.15) is 4.31 Å². The molecule has 1 saturated heterocycles. The van der Waals surface area contributed by atoms with Crippen LogP contribution in [0.25, 0.3) is 0 Å². The van der Waals surface area contributed by atoms with Crippen molar-refractivity contribution in [2.75, 3.05) is 18.4 Å². The van der Waals surface area contributed by atoms with Crippen molar-refractivity contribution in [3.8, 4) is 0 Å². The molecule has 2 aliphatic rings. The van der Waals surface area contributed by atoms with Crippen LogP contribution in [-0.4, -0.2) is 42.3 Å². The standard InChI is InChI=1S/C19H20N4O5S/c1-13-2-7-17-16(12-13)18(24)21-19(20-17)8-10-22(11-9-19)29(27,28)15-5-3-14(4-6-15)23(25)26/h2-7,12,20H,8-11H2,1H3,(H,21,24). The Morgan fingerprint density at radius 1 is 1.07 bits per heavy atom. The van der Waals surface area contributed by atoms with E-state index >= 15 is 0 Å². The topological polar surface area (TPSA) is 122 Å². The Morgan fingerprint density at radius 2 is 1.72 bits per heavy atom. The number of anilines is 1. The molecule has 0 saturated carbocycles. The maximum absolute atomic E-state index is 12.9. The molecule has 29 heavy (non-hydrogen) atoms. The number of rotatable bonds is 3. The zero-order valence-corrected chi connectivity index (χ0v) is 16.5. The third-order valence-corrected chi connectivity index (χ3v) is 7.32. The second-order valence-corrected chi connectivity index (χ2v) is 9.30. The summed E-state index contributed by atoms with van der Waals surface area (Å²) in [6.45, 7) is 2.35. The molecule has 0 atom stereocenters. The van der Waals surface area contributed by atoms with Gasteiger partial charge in [0.05, 0.1) is 15.4 Å². The molecule has 0 unspecified atom stereocenters. The number of nitro benzene ring substituents is 1. The first-order valence-electron chi connectivity index (χ1n) is 9.16. The average Bonchev–Trinajstić information content (AvgIpc) is 2.69. The first kappa shape index (κ1) is 19.3. The molecule has 0 aromatic heterocycles. The van der Waals surface area contributed by atoms with E-state index in [1.807, 2.05) is 25.1 Å². The highest BCUT2D eigenvalue weighted by molar-refractivity contribution is 7.89. The number of fused-ring (bicyclic) bond motifs is 1. The molecule has 2 heterocycles. The van der Waals surface area contributed by atoms with Crippen molar-refractivity contribution in [3.05, 3.63) is 63.7 Å². The summed E-state index contributed by atoms with van der Waals surface area (Å²) in [4.78, 5) is 22.8. The largest absolute Gasteiger partial charge is 0.362 e. The molecular formula is C19H20N4O5S. The Hall–Kier alpha value is -2.98. The van der Waals surface area contributed by atoms with Crippen molar-refractivity contribution in [2.24, 2.45) is 0 Å². The van der Waals surface area contributed by atoms with Crippen molar-refractivity contribution in [2.45, 2.75) is 30.3 Å². The van der Waals surface area contributed by atoms with E-state index in [1.54, 1.807) is 0 Å². The number of nitro groups is 1. The van der Waals surface area contributed by atoms with Crippen LogP contribution in [-0.2, 0) is 10.0 Å². The number of hydrogen-bond acceptors (Lipinski definition) is 6. The maximum atomic E-state index is 12.9. The van der Waals surface area contributed by atoms with Crippen molar-refractivity contribution >= 4 is 27.3 Å². The van der Waals surface area contributed by atoms with Crippen LogP contribution in [0.2, 0.25) is 0 Å². The monoisotopic (exact) mass is 416 g/mol. The summed E-state index contributed by atoms with van der Waals surface area (Å²) in [5, 5.41) is 17.1. The fourth-order valence-electron chi connectivity index (χ4n) is 3.78. The van der Waals surface area contributed by atoms with E-state index in [1.165, 1.54) is 28.6 Å². The molecule has 1 spiro atoms. The molecule has 2 N–H and O–H groups in total. The minimum atomic E-state index is -3.77. The summed E-state index contributed by atoms with van der Waals surface area (Å²) in [5.74, 6) is -0.172. The van der Waals surface area contributed by atoms with E-state index < -0.39 is 20.6 Å². The number of hydrogen-bond donors (Lipinski definition) is 2. The van der Waals surface area contributed by atoms with Crippen LogP contribution in [0.4, 0.5) is 11.4 Å². The summed E-state index contributed by atoms with van der Waals surface area (Å²) < 4.78 is 27.1. The average molecular weight is 416 g/mol. The quantitative estimate of drug-likeness (QED) is 0.585. The second-order valence-electron chi connectivity index (χ2n) is 7.37. The highest BCUT2D eigenvalue weighted by atomic mass is 32.2. The van der Waals surface area contributed by atoms with Gasteiger partial charge in [-0.3, -0.25) is 14.9 Å². The molecule has 2 aliphatic heterocycles. The SMILES string of the molecule is Cc1ccc2c(c1)C(=O)NC1(CCN(S(=O)(=O)c3ccc([N+](=O)[O-])cc3)CC1)N2. The zero-order valence-electron chi connectivity index (χ0n) is 15.7. The van der Waals surface area contributed by atoms with Gasteiger partial charge in [0.15, 0.2) is 0 Å². The van der Waals surface area contributed by atoms with Gasteiger partial charge in [-0.1, -0.05) is 11.6 Å². The van der Waals surface area contributed by atoms with Crippen molar-refractivity contribution in [3.63, 3.8) is 0 Å². The second kappa shape index (κ2) is 6.82. The molecule has 1 amide bonds. The van der Waals surface area contributed by atoms with Gasteiger partial charge >= 0.3 is 0 Å². The van der Waals surface area contributed by atoms with Crippen molar-refractivity contribution in [1.82, 2.24) is 9.62 Å². The normalized spacial score (nSPS) is 18.6. The number of carbonyl (C=O) groups excluding carboxylic acids is 1. The first-order chi connectivity index (χ1) is 13.7. The fourth-order valence-corrected chi connectivity index (χ4v) is 5.22. The van der Waals surface area contributed by atoms with Crippen LogP contribution < -0.4 is 10.6 Å². The van der Waals surface area contributed by atoms with E-state index in [0.717, 1.165) is 11.3 Å². The highest BCUT2D eigenvalue weighted by Crippen LogP contribution is 2.33. The number of carbonyl (C=O) groups is 1. The van der Waals surface area contributed by atoms with Crippen LogP contribution in [0.1, 0.15) is 28.8 Å². The van der Waals surface area contributed by atoms with Crippen LogP contribution in [0, 0.1) is 17.0 Å². The third kappa shape index (κ3) is 3.45. The first-order valence-corrected chi connectivity index (χ1v) is 10.6. The summed E-state index contributed by atoms with van der Waals surface area (Å²) >= 11 is 0. The highest BCUT2D eigenvalue weighted by Gasteiger charge is 2.42. The van der Waals surface area contributed by atoms with E-state index in [0.29, 0.717) is 18.4 Å². The van der Waals surface area contributed by atoms with Crippen LogP contribution >= 0.6 is 0 Å². The number of nitrogens with one attached hydrogen (secondary N) is 2. The number of piperidine rings is 1. The molecule has 9 nitrogen and oxygen atoms in total. The van der Waals surface area contributed by atoms with Gasteiger partial charge in [0.1, 0.15) is 5.66 Å².